The number of hydrogen-bond donors (Lipinski definition) is 5. The summed E-state index contributed by atoms with van der Waals surface area (Å²) in [5.74, 6) is -2.70. The van der Waals surface area contributed by atoms with Crippen molar-refractivity contribution in [1.29, 1.82) is 0 Å². The van der Waals surface area contributed by atoms with Crippen LogP contribution in [0.15, 0.2) is 24.3 Å². The summed E-state index contributed by atoms with van der Waals surface area (Å²) in [4.78, 5) is 70.8. The highest BCUT2D eigenvalue weighted by atomic mass is 16.5. The van der Waals surface area contributed by atoms with E-state index in [-0.39, 0.29) is 31.0 Å². The lowest BCUT2D eigenvalue weighted by atomic mass is 9.88. The Morgan fingerprint density at radius 3 is 2.43 bits per heavy atom. The fraction of sp³-hybridized carbons (Fsp3) is 0.517. The van der Waals surface area contributed by atoms with E-state index in [0.29, 0.717) is 29.7 Å². The number of aromatic amines is 1. The number of ketones is 1. The van der Waals surface area contributed by atoms with Crippen molar-refractivity contribution in [3.63, 3.8) is 0 Å². The van der Waals surface area contributed by atoms with E-state index in [2.05, 4.69) is 27.9 Å². The molecule has 229 valence electrons. The van der Waals surface area contributed by atoms with Gasteiger partial charge in [-0.2, -0.15) is 0 Å². The predicted molar refractivity (Wildman–Crippen MR) is 156 cm³/mol. The second-order valence-electron chi connectivity index (χ2n) is 11.2. The first-order chi connectivity index (χ1) is 19.8. The molecule has 2 aromatic rings. The van der Waals surface area contributed by atoms with Crippen molar-refractivity contribution < 1.29 is 33.8 Å². The van der Waals surface area contributed by atoms with Crippen molar-refractivity contribution in [1.82, 2.24) is 30.7 Å². The Bertz CT molecular complexity index is 1310. The minimum Gasteiger partial charge on any atom is -0.496 e. The molecule has 0 spiro atoms. The summed E-state index contributed by atoms with van der Waals surface area (Å²) >= 11 is 0. The molecule has 13 nitrogen and oxygen atoms in total. The van der Waals surface area contributed by atoms with Gasteiger partial charge >= 0.3 is 6.09 Å². The molecule has 4 atom stereocenters. The van der Waals surface area contributed by atoms with Gasteiger partial charge in [-0.1, -0.05) is 19.9 Å². The molecular formula is C29H41N6O7. The molecule has 0 aliphatic carbocycles. The highest BCUT2D eigenvalue weighted by Crippen LogP contribution is 2.27. The van der Waals surface area contributed by atoms with Gasteiger partial charge in [0, 0.05) is 37.5 Å². The summed E-state index contributed by atoms with van der Waals surface area (Å²) < 4.78 is 5.37. The van der Waals surface area contributed by atoms with E-state index in [1.165, 1.54) is 7.11 Å². The van der Waals surface area contributed by atoms with Crippen molar-refractivity contribution in [2.24, 2.45) is 11.8 Å². The van der Waals surface area contributed by atoms with Gasteiger partial charge < -0.3 is 40.6 Å². The number of ether oxygens (including phenoxy) is 1. The van der Waals surface area contributed by atoms with E-state index in [0.717, 1.165) is 4.90 Å². The number of likely N-dealkylation sites (N-methyl/N-ethyl adjacent to an activating group) is 1. The number of nitrogens with zero attached hydrogens (tertiary/aromatic N) is 2. The SMILES string of the molecule is [CH2]C(=O)[C@@H](NC(=O)[C@H](CC(C)C)NC(=O)c1cc2c(OC)cccc2[nH]1)C([C@@H]1CCNC1=O)N(CCN(C)C)C(=O)O. The van der Waals surface area contributed by atoms with Crippen molar-refractivity contribution >= 4 is 40.5 Å². The molecule has 1 aliphatic heterocycles. The standard InChI is InChI=1S/C29H41N6O7/c1-16(2)14-21(32-27(38)22-15-19-20(31-22)8-7-9-23(19)42-6)28(39)33-24(17(3)36)25(18-10-11-30-26(18)37)35(29(40)41)13-12-34(4)5/h7-9,15-16,18,21,24-25,31H,3,10-14H2,1-2,4-6H3,(H,30,37)(H,32,38)(H,33,39)(H,40,41)/t18-,21-,24+,25?/m0/s1. The monoisotopic (exact) mass is 585 g/mol. The first-order valence-electron chi connectivity index (χ1n) is 13.9. The predicted octanol–water partition coefficient (Wildman–Crippen LogP) is 1.26. The number of carbonyl (C=O) groups is 5. The Morgan fingerprint density at radius 2 is 1.88 bits per heavy atom. The minimum absolute atomic E-state index is 0.00751. The number of amides is 4. The van der Waals surface area contributed by atoms with Crippen LogP contribution in [0.25, 0.3) is 10.9 Å². The maximum atomic E-state index is 13.7. The molecular weight excluding hydrogens is 544 g/mol. The third-order valence-corrected chi connectivity index (χ3v) is 7.30. The second kappa shape index (κ2) is 14.2. The topological polar surface area (TPSA) is 173 Å². The zero-order valence-corrected chi connectivity index (χ0v) is 24.7. The van der Waals surface area contributed by atoms with Crippen LogP contribution in [0.2, 0.25) is 0 Å². The molecule has 1 unspecified atom stereocenters. The van der Waals surface area contributed by atoms with Crippen molar-refractivity contribution in [2.75, 3.05) is 40.8 Å². The number of rotatable bonds is 14. The quantitative estimate of drug-likeness (QED) is 0.220. The smallest absolute Gasteiger partial charge is 0.407 e. The molecule has 0 bridgehead atoms. The van der Waals surface area contributed by atoms with Crippen LogP contribution < -0.4 is 20.7 Å². The van der Waals surface area contributed by atoms with Gasteiger partial charge in [-0.25, -0.2) is 4.79 Å². The average Bonchev–Trinajstić information content (AvgIpc) is 3.54. The lowest BCUT2D eigenvalue weighted by Crippen LogP contribution is -2.63. The zero-order valence-electron chi connectivity index (χ0n) is 24.7. The minimum atomic E-state index is -1.42. The molecule has 5 N–H and O–H groups in total. The zero-order chi connectivity index (χ0) is 31.1. The van der Waals surface area contributed by atoms with E-state index in [1.54, 1.807) is 43.3 Å². The second-order valence-corrected chi connectivity index (χ2v) is 11.2. The third kappa shape index (κ3) is 7.78. The summed E-state index contributed by atoms with van der Waals surface area (Å²) in [6.07, 6.45) is -0.814. The number of fused-ring (bicyclic) bond motifs is 1. The number of aromatic nitrogens is 1. The molecule has 1 radical (unpaired) electrons. The van der Waals surface area contributed by atoms with Crippen LogP contribution >= 0.6 is 0 Å². The molecule has 2 heterocycles. The van der Waals surface area contributed by atoms with Crippen molar-refractivity contribution in [3.05, 3.63) is 36.9 Å². The molecule has 42 heavy (non-hydrogen) atoms. The molecule has 1 aromatic carbocycles. The van der Waals surface area contributed by atoms with Crippen LogP contribution in [-0.2, 0) is 14.4 Å². The molecule has 1 aliphatic rings. The number of nitrogens with one attached hydrogen (secondary N) is 4. The van der Waals surface area contributed by atoms with E-state index in [4.69, 9.17) is 4.74 Å². The molecule has 3 rings (SSSR count). The number of hydrogen-bond acceptors (Lipinski definition) is 7. The van der Waals surface area contributed by atoms with Crippen LogP contribution in [0.1, 0.15) is 37.2 Å². The van der Waals surface area contributed by atoms with Gasteiger partial charge in [-0.3, -0.25) is 19.2 Å². The van der Waals surface area contributed by atoms with Gasteiger partial charge in [0.15, 0.2) is 5.78 Å². The summed E-state index contributed by atoms with van der Waals surface area (Å²) in [5.41, 5.74) is 0.887. The van der Waals surface area contributed by atoms with Crippen molar-refractivity contribution in [3.8, 4) is 5.75 Å². The molecule has 1 saturated heterocycles. The first kappa shape index (κ1) is 32.4. The van der Waals surface area contributed by atoms with Gasteiger partial charge in [-0.05, 0) is 51.1 Å². The number of H-pyrrole nitrogens is 1. The van der Waals surface area contributed by atoms with Gasteiger partial charge in [0.05, 0.1) is 19.1 Å². The number of methoxy groups -OCH3 is 1. The third-order valence-electron chi connectivity index (χ3n) is 7.30. The summed E-state index contributed by atoms with van der Waals surface area (Å²) in [7, 11) is 5.07. The van der Waals surface area contributed by atoms with Gasteiger partial charge in [0.25, 0.3) is 5.91 Å². The van der Waals surface area contributed by atoms with Crippen molar-refractivity contribution in [2.45, 2.75) is 44.8 Å². The van der Waals surface area contributed by atoms with Crippen LogP contribution in [0.3, 0.4) is 0 Å². The van der Waals surface area contributed by atoms with E-state index < -0.39 is 53.6 Å². The summed E-state index contributed by atoms with van der Waals surface area (Å²) in [5, 5.41) is 18.9. The maximum Gasteiger partial charge on any atom is 0.407 e. The fourth-order valence-corrected chi connectivity index (χ4v) is 5.23. The lowest BCUT2D eigenvalue weighted by Gasteiger charge is -2.38. The number of benzene rings is 1. The van der Waals surface area contributed by atoms with Crippen LogP contribution in [0.4, 0.5) is 4.79 Å². The fourth-order valence-electron chi connectivity index (χ4n) is 5.23. The summed E-state index contributed by atoms with van der Waals surface area (Å²) in [6, 6.07) is 3.28. The average molecular weight is 586 g/mol. The Hall–Kier alpha value is -4.13. The molecule has 0 saturated carbocycles. The van der Waals surface area contributed by atoms with Crippen LogP contribution in [-0.4, -0.2) is 108 Å². The van der Waals surface area contributed by atoms with Crippen LogP contribution in [0, 0.1) is 18.8 Å². The Kier molecular flexibility index (Phi) is 10.9. The number of Topliss-reactive ketones (excluding diaryl/α,β-unsaturated/α-hetero) is 1. The lowest BCUT2D eigenvalue weighted by molar-refractivity contribution is -0.131. The number of carbonyl (C=O) groups excluding carboxylic acids is 4. The van der Waals surface area contributed by atoms with Gasteiger partial charge in [0.2, 0.25) is 11.8 Å². The Morgan fingerprint density at radius 1 is 1.17 bits per heavy atom. The Balaban J connectivity index is 1.91. The van der Waals surface area contributed by atoms with E-state index >= 15 is 0 Å². The summed E-state index contributed by atoms with van der Waals surface area (Å²) in [6.45, 7) is 7.88. The normalized spacial score (nSPS) is 17.0. The molecule has 4 amide bonds. The Labute approximate surface area is 245 Å². The molecule has 1 fully saturated rings. The highest BCUT2D eigenvalue weighted by Gasteiger charge is 2.45. The molecule has 1 aromatic heterocycles. The van der Waals surface area contributed by atoms with Gasteiger partial charge in [0.1, 0.15) is 23.5 Å². The molecule has 13 heteroatoms. The highest BCUT2D eigenvalue weighted by molar-refractivity contribution is 6.02. The van der Waals surface area contributed by atoms with Crippen LogP contribution in [0.5, 0.6) is 5.75 Å². The first-order valence-corrected chi connectivity index (χ1v) is 13.9. The van der Waals surface area contributed by atoms with E-state index in [9.17, 15) is 29.1 Å². The maximum absolute atomic E-state index is 13.7. The van der Waals surface area contributed by atoms with Gasteiger partial charge in [-0.15, -0.1) is 0 Å². The van der Waals surface area contributed by atoms with E-state index in [1.807, 2.05) is 13.8 Å². The number of carboxylic acid groups (broad SMARTS) is 1. The largest absolute Gasteiger partial charge is 0.496 e.